The first-order valence-electron chi connectivity index (χ1n) is 5.02. The Balaban J connectivity index is 3.83. The Bertz CT molecular complexity index is 215. The lowest BCUT2D eigenvalue weighted by atomic mass is 9.98. The zero-order chi connectivity index (χ0) is 11.8. The van der Waals surface area contributed by atoms with Gasteiger partial charge in [0.1, 0.15) is 0 Å². The van der Waals surface area contributed by atoms with Crippen LogP contribution in [0.3, 0.4) is 0 Å². The molecule has 15 heavy (non-hydrogen) atoms. The van der Waals surface area contributed by atoms with E-state index in [4.69, 9.17) is 10.2 Å². The van der Waals surface area contributed by atoms with Crippen molar-refractivity contribution in [3.63, 3.8) is 0 Å². The number of nitrogens with zero attached hydrogens (tertiary/aromatic N) is 1. The normalized spacial score (nSPS) is 12.7. The fraction of sp³-hybridized carbons (Fsp3) is 0.800. The van der Waals surface area contributed by atoms with Crippen LogP contribution >= 0.6 is 0 Å². The summed E-state index contributed by atoms with van der Waals surface area (Å²) in [5.41, 5.74) is 0. The van der Waals surface area contributed by atoms with Crippen LogP contribution in [0.2, 0.25) is 0 Å². The molecule has 0 aliphatic rings. The van der Waals surface area contributed by atoms with Gasteiger partial charge in [0.25, 0.3) is 0 Å². The van der Waals surface area contributed by atoms with E-state index in [0.29, 0.717) is 25.8 Å². The number of rotatable bonds is 8. The van der Waals surface area contributed by atoms with Crippen molar-refractivity contribution in [1.29, 1.82) is 0 Å². The van der Waals surface area contributed by atoms with Crippen LogP contribution in [0.1, 0.15) is 25.7 Å². The van der Waals surface area contributed by atoms with E-state index in [-0.39, 0.29) is 6.42 Å². The first-order valence-corrected chi connectivity index (χ1v) is 5.02. The van der Waals surface area contributed by atoms with Gasteiger partial charge in [-0.1, -0.05) is 0 Å². The molecule has 0 unspecified atom stereocenters. The van der Waals surface area contributed by atoms with Crippen molar-refractivity contribution in [2.45, 2.75) is 25.7 Å². The molecular formula is C10H19NO4. The number of carboxylic acids is 2. The van der Waals surface area contributed by atoms with Gasteiger partial charge >= 0.3 is 11.9 Å². The Labute approximate surface area is 89.7 Å². The summed E-state index contributed by atoms with van der Waals surface area (Å²) in [5.74, 6) is -2.12. The summed E-state index contributed by atoms with van der Waals surface area (Å²) in [6, 6.07) is 0. The first kappa shape index (κ1) is 13.9. The number of aliphatic carboxylic acids is 2. The van der Waals surface area contributed by atoms with E-state index in [2.05, 4.69) is 0 Å². The van der Waals surface area contributed by atoms with Crippen molar-refractivity contribution in [3.05, 3.63) is 0 Å². The van der Waals surface area contributed by atoms with E-state index in [1.807, 2.05) is 19.0 Å². The van der Waals surface area contributed by atoms with Crippen LogP contribution in [0.15, 0.2) is 0 Å². The van der Waals surface area contributed by atoms with Crippen molar-refractivity contribution in [2.75, 3.05) is 20.6 Å². The van der Waals surface area contributed by atoms with Crippen molar-refractivity contribution in [2.24, 2.45) is 5.92 Å². The number of hydrogen-bond donors (Lipinski definition) is 2. The predicted octanol–water partition coefficient (Wildman–Crippen LogP) is 0.894. The van der Waals surface area contributed by atoms with Gasteiger partial charge in [0.05, 0.1) is 5.92 Å². The van der Waals surface area contributed by atoms with Crippen molar-refractivity contribution < 1.29 is 19.8 Å². The minimum absolute atomic E-state index is 0.0474. The Morgan fingerprint density at radius 3 is 2.20 bits per heavy atom. The van der Waals surface area contributed by atoms with Crippen LogP contribution < -0.4 is 0 Å². The molecule has 0 aromatic heterocycles. The Kier molecular flexibility index (Phi) is 6.70. The van der Waals surface area contributed by atoms with Gasteiger partial charge < -0.3 is 15.1 Å². The van der Waals surface area contributed by atoms with Gasteiger partial charge in [-0.05, 0) is 39.9 Å². The fourth-order valence-electron chi connectivity index (χ4n) is 1.31. The minimum Gasteiger partial charge on any atom is -0.481 e. The summed E-state index contributed by atoms with van der Waals surface area (Å²) in [6.07, 6.45) is 1.49. The summed E-state index contributed by atoms with van der Waals surface area (Å²) < 4.78 is 0. The third-order valence-corrected chi connectivity index (χ3v) is 2.22. The van der Waals surface area contributed by atoms with Crippen LogP contribution in [-0.4, -0.2) is 47.7 Å². The van der Waals surface area contributed by atoms with Gasteiger partial charge in [-0.2, -0.15) is 0 Å². The highest BCUT2D eigenvalue weighted by atomic mass is 16.4. The molecule has 88 valence electrons. The molecule has 0 saturated carbocycles. The molecule has 1 atom stereocenters. The molecule has 5 nitrogen and oxygen atoms in total. The smallest absolute Gasteiger partial charge is 0.306 e. The molecule has 0 amide bonds. The van der Waals surface area contributed by atoms with Crippen LogP contribution in [0.4, 0.5) is 0 Å². The summed E-state index contributed by atoms with van der Waals surface area (Å²) >= 11 is 0. The van der Waals surface area contributed by atoms with Gasteiger partial charge in [0, 0.05) is 6.42 Å². The lowest BCUT2D eigenvalue weighted by molar-refractivity contribution is -0.143. The lowest BCUT2D eigenvalue weighted by Gasteiger charge is -2.14. The molecule has 0 aliphatic heterocycles. The third kappa shape index (κ3) is 7.93. The lowest BCUT2D eigenvalue weighted by Crippen LogP contribution is -2.21. The molecule has 0 spiro atoms. The average Bonchev–Trinajstić information content (AvgIpc) is 2.09. The average molecular weight is 217 g/mol. The standard InChI is InChI=1S/C10H19NO4/c1-11(2)7-6-8(10(14)15)4-3-5-9(12)13/h8H,3-7H2,1-2H3,(H,12,13)(H,14,15)/t8-/m0/s1. The van der Waals surface area contributed by atoms with Crippen LogP contribution in [0.25, 0.3) is 0 Å². The minimum atomic E-state index is -0.869. The number of hydrogen-bond acceptors (Lipinski definition) is 3. The molecule has 0 aromatic carbocycles. The van der Waals surface area contributed by atoms with E-state index in [1.165, 1.54) is 0 Å². The molecule has 0 aromatic rings. The van der Waals surface area contributed by atoms with Crippen LogP contribution in [-0.2, 0) is 9.59 Å². The fourth-order valence-corrected chi connectivity index (χ4v) is 1.31. The van der Waals surface area contributed by atoms with Crippen molar-refractivity contribution in [1.82, 2.24) is 4.90 Å². The highest BCUT2D eigenvalue weighted by Gasteiger charge is 2.17. The maximum absolute atomic E-state index is 10.8. The van der Waals surface area contributed by atoms with Gasteiger partial charge in [0.2, 0.25) is 0 Å². The van der Waals surface area contributed by atoms with E-state index < -0.39 is 17.9 Å². The van der Waals surface area contributed by atoms with Crippen molar-refractivity contribution >= 4 is 11.9 Å². The SMILES string of the molecule is CN(C)CC[C@H](CCCC(=O)O)C(=O)O. The molecule has 0 radical (unpaired) electrons. The summed E-state index contributed by atoms with van der Waals surface area (Å²) in [6.45, 7) is 0.712. The Hall–Kier alpha value is -1.10. The maximum Gasteiger partial charge on any atom is 0.306 e. The van der Waals surface area contributed by atoms with E-state index in [1.54, 1.807) is 0 Å². The predicted molar refractivity (Wildman–Crippen MR) is 55.8 cm³/mol. The second-order valence-corrected chi connectivity index (χ2v) is 3.91. The van der Waals surface area contributed by atoms with Gasteiger partial charge in [-0.25, -0.2) is 0 Å². The molecule has 0 heterocycles. The quantitative estimate of drug-likeness (QED) is 0.631. The van der Waals surface area contributed by atoms with E-state index in [0.717, 1.165) is 0 Å². The largest absolute Gasteiger partial charge is 0.481 e. The molecule has 2 N–H and O–H groups in total. The zero-order valence-electron chi connectivity index (χ0n) is 9.27. The second-order valence-electron chi connectivity index (χ2n) is 3.91. The molecule has 0 rings (SSSR count). The van der Waals surface area contributed by atoms with Gasteiger partial charge in [-0.3, -0.25) is 9.59 Å². The van der Waals surface area contributed by atoms with Crippen LogP contribution in [0, 0.1) is 5.92 Å². The van der Waals surface area contributed by atoms with E-state index >= 15 is 0 Å². The molecular weight excluding hydrogens is 198 g/mol. The second kappa shape index (κ2) is 7.23. The third-order valence-electron chi connectivity index (χ3n) is 2.22. The molecule has 0 fully saturated rings. The van der Waals surface area contributed by atoms with Crippen LogP contribution in [0.5, 0.6) is 0 Å². The first-order chi connectivity index (χ1) is 6.93. The Morgan fingerprint density at radius 1 is 1.20 bits per heavy atom. The monoisotopic (exact) mass is 217 g/mol. The van der Waals surface area contributed by atoms with Gasteiger partial charge in [-0.15, -0.1) is 0 Å². The van der Waals surface area contributed by atoms with Crippen molar-refractivity contribution in [3.8, 4) is 0 Å². The highest BCUT2D eigenvalue weighted by Crippen LogP contribution is 2.13. The highest BCUT2D eigenvalue weighted by molar-refractivity contribution is 5.70. The summed E-state index contributed by atoms with van der Waals surface area (Å²) in [4.78, 5) is 23.0. The molecule has 5 heteroatoms. The number of carbonyl (C=O) groups is 2. The Morgan fingerprint density at radius 2 is 1.80 bits per heavy atom. The summed E-state index contributed by atoms with van der Waals surface area (Å²) in [7, 11) is 3.77. The van der Waals surface area contributed by atoms with E-state index in [9.17, 15) is 9.59 Å². The summed E-state index contributed by atoms with van der Waals surface area (Å²) in [5, 5.41) is 17.3. The zero-order valence-corrected chi connectivity index (χ0v) is 9.27. The molecule has 0 saturated heterocycles. The van der Waals surface area contributed by atoms with Gasteiger partial charge in [0.15, 0.2) is 0 Å². The maximum atomic E-state index is 10.8. The number of carboxylic acid groups (broad SMARTS) is 2. The molecule has 0 bridgehead atoms. The topological polar surface area (TPSA) is 77.8 Å². The molecule has 0 aliphatic carbocycles.